The van der Waals surface area contributed by atoms with Crippen molar-refractivity contribution in [2.75, 3.05) is 24.2 Å². The van der Waals surface area contributed by atoms with E-state index in [1.807, 2.05) is 6.92 Å². The number of nitrogens with two attached hydrogens (primary N) is 1. The van der Waals surface area contributed by atoms with Crippen LogP contribution < -0.4 is 10.6 Å². The van der Waals surface area contributed by atoms with Crippen molar-refractivity contribution in [1.82, 2.24) is 9.97 Å². The van der Waals surface area contributed by atoms with Crippen molar-refractivity contribution >= 4 is 11.6 Å². The monoisotopic (exact) mass is 276 g/mol. The SMILES string of the molecule is CCCc1nc(N)c(C)c(N(C)CCC(F)(F)F)n1. The lowest BCUT2D eigenvalue weighted by Gasteiger charge is -2.22. The van der Waals surface area contributed by atoms with Crippen LogP contribution in [-0.4, -0.2) is 29.7 Å². The number of nitrogen functional groups attached to an aromatic ring is 1. The molecule has 1 rings (SSSR count). The molecule has 0 saturated heterocycles. The summed E-state index contributed by atoms with van der Waals surface area (Å²) in [6.07, 6.45) is -3.54. The summed E-state index contributed by atoms with van der Waals surface area (Å²) in [5, 5.41) is 0. The zero-order chi connectivity index (χ0) is 14.6. The zero-order valence-electron chi connectivity index (χ0n) is 11.4. The van der Waals surface area contributed by atoms with Crippen molar-refractivity contribution in [3.63, 3.8) is 0 Å². The Labute approximate surface area is 110 Å². The predicted octanol–water partition coefficient (Wildman–Crippen LogP) is 2.71. The van der Waals surface area contributed by atoms with E-state index in [9.17, 15) is 13.2 Å². The Hall–Kier alpha value is -1.53. The summed E-state index contributed by atoms with van der Waals surface area (Å²) >= 11 is 0. The minimum Gasteiger partial charge on any atom is -0.383 e. The Morgan fingerprint density at radius 3 is 2.42 bits per heavy atom. The third-order valence-electron chi connectivity index (χ3n) is 2.77. The van der Waals surface area contributed by atoms with Crippen LogP contribution in [0.25, 0.3) is 0 Å². The molecule has 0 aliphatic rings. The van der Waals surface area contributed by atoms with Gasteiger partial charge >= 0.3 is 6.18 Å². The summed E-state index contributed by atoms with van der Waals surface area (Å²) in [4.78, 5) is 9.90. The Bertz CT molecular complexity index is 432. The van der Waals surface area contributed by atoms with Gasteiger partial charge in [-0.25, -0.2) is 9.97 Å². The Morgan fingerprint density at radius 1 is 1.26 bits per heavy atom. The van der Waals surface area contributed by atoms with Gasteiger partial charge in [-0.1, -0.05) is 6.92 Å². The average Bonchev–Trinajstić information content (AvgIpc) is 2.30. The van der Waals surface area contributed by atoms with Crippen LogP contribution in [0.2, 0.25) is 0 Å². The van der Waals surface area contributed by atoms with Crippen molar-refractivity contribution < 1.29 is 13.2 Å². The van der Waals surface area contributed by atoms with Crippen molar-refractivity contribution in [3.05, 3.63) is 11.4 Å². The molecule has 108 valence electrons. The fourth-order valence-electron chi connectivity index (χ4n) is 1.68. The van der Waals surface area contributed by atoms with Gasteiger partial charge in [0, 0.05) is 25.6 Å². The number of alkyl halides is 3. The van der Waals surface area contributed by atoms with E-state index in [2.05, 4.69) is 9.97 Å². The molecule has 1 aromatic heterocycles. The molecule has 1 heterocycles. The first-order chi connectivity index (χ1) is 8.74. The normalized spacial score (nSPS) is 11.7. The molecule has 0 amide bonds. The Morgan fingerprint density at radius 2 is 1.89 bits per heavy atom. The standard InChI is InChI=1S/C12H19F3N4/c1-4-5-9-17-10(16)8(2)11(18-9)19(3)7-6-12(13,14)15/h4-7H2,1-3H3,(H2,16,17,18). The van der Waals surface area contributed by atoms with Gasteiger partial charge in [0.2, 0.25) is 0 Å². The van der Waals surface area contributed by atoms with E-state index < -0.39 is 12.6 Å². The molecule has 0 aliphatic heterocycles. The molecule has 1 aromatic rings. The molecule has 19 heavy (non-hydrogen) atoms. The van der Waals surface area contributed by atoms with Gasteiger partial charge in [-0.2, -0.15) is 13.2 Å². The van der Waals surface area contributed by atoms with Crippen molar-refractivity contribution in [2.24, 2.45) is 0 Å². The van der Waals surface area contributed by atoms with Gasteiger partial charge in [0.15, 0.2) is 0 Å². The predicted molar refractivity (Wildman–Crippen MR) is 69.1 cm³/mol. The molecule has 2 N–H and O–H groups in total. The second kappa shape index (κ2) is 6.08. The molecule has 0 unspecified atom stereocenters. The number of hydrogen-bond acceptors (Lipinski definition) is 4. The molecule has 0 saturated carbocycles. The smallest absolute Gasteiger partial charge is 0.383 e. The van der Waals surface area contributed by atoms with E-state index >= 15 is 0 Å². The number of aryl methyl sites for hydroxylation is 1. The fraction of sp³-hybridized carbons (Fsp3) is 0.667. The quantitative estimate of drug-likeness (QED) is 0.898. The zero-order valence-corrected chi connectivity index (χ0v) is 11.4. The van der Waals surface area contributed by atoms with E-state index in [0.29, 0.717) is 29.4 Å². The molecule has 0 bridgehead atoms. The maximum absolute atomic E-state index is 12.2. The fourth-order valence-corrected chi connectivity index (χ4v) is 1.68. The first kappa shape index (κ1) is 15.5. The highest BCUT2D eigenvalue weighted by Gasteiger charge is 2.27. The Balaban J connectivity index is 2.91. The molecule has 4 nitrogen and oxygen atoms in total. The van der Waals surface area contributed by atoms with Gasteiger partial charge < -0.3 is 10.6 Å². The van der Waals surface area contributed by atoms with Gasteiger partial charge in [-0.3, -0.25) is 0 Å². The van der Waals surface area contributed by atoms with E-state index in [1.165, 1.54) is 4.90 Å². The van der Waals surface area contributed by atoms with Crippen LogP contribution in [0.15, 0.2) is 0 Å². The molecular formula is C12H19F3N4. The lowest BCUT2D eigenvalue weighted by Crippen LogP contribution is -2.26. The number of rotatable bonds is 5. The molecular weight excluding hydrogens is 257 g/mol. The third-order valence-corrected chi connectivity index (χ3v) is 2.77. The van der Waals surface area contributed by atoms with E-state index in [-0.39, 0.29) is 6.54 Å². The maximum Gasteiger partial charge on any atom is 0.390 e. The summed E-state index contributed by atoms with van der Waals surface area (Å²) in [5.41, 5.74) is 6.39. The average molecular weight is 276 g/mol. The molecule has 0 atom stereocenters. The second-order valence-corrected chi connectivity index (χ2v) is 4.51. The number of aromatic nitrogens is 2. The number of hydrogen-bond donors (Lipinski definition) is 1. The van der Waals surface area contributed by atoms with Crippen LogP contribution in [0.1, 0.15) is 31.2 Å². The van der Waals surface area contributed by atoms with Gasteiger partial charge in [0.25, 0.3) is 0 Å². The van der Waals surface area contributed by atoms with Crippen molar-refractivity contribution in [1.29, 1.82) is 0 Å². The van der Waals surface area contributed by atoms with Crippen molar-refractivity contribution in [2.45, 2.75) is 39.3 Å². The Kier molecular flexibility index (Phi) is 4.97. The molecule has 0 fully saturated rings. The molecule has 0 aromatic carbocycles. The third kappa shape index (κ3) is 4.57. The van der Waals surface area contributed by atoms with E-state index in [0.717, 1.165) is 6.42 Å². The van der Waals surface area contributed by atoms with Crippen LogP contribution >= 0.6 is 0 Å². The molecule has 0 aliphatic carbocycles. The minimum absolute atomic E-state index is 0.146. The summed E-state index contributed by atoms with van der Waals surface area (Å²) in [5.74, 6) is 1.37. The number of nitrogens with zero attached hydrogens (tertiary/aromatic N) is 3. The summed E-state index contributed by atoms with van der Waals surface area (Å²) in [6, 6.07) is 0. The van der Waals surface area contributed by atoms with Gasteiger partial charge in [-0.15, -0.1) is 0 Å². The van der Waals surface area contributed by atoms with Gasteiger partial charge in [0.05, 0.1) is 6.42 Å². The van der Waals surface area contributed by atoms with Crippen LogP contribution in [-0.2, 0) is 6.42 Å². The van der Waals surface area contributed by atoms with Crippen LogP contribution in [0.3, 0.4) is 0 Å². The largest absolute Gasteiger partial charge is 0.390 e. The van der Waals surface area contributed by atoms with Crippen molar-refractivity contribution in [3.8, 4) is 0 Å². The second-order valence-electron chi connectivity index (χ2n) is 4.51. The lowest BCUT2D eigenvalue weighted by molar-refractivity contribution is -0.132. The highest BCUT2D eigenvalue weighted by Crippen LogP contribution is 2.24. The highest BCUT2D eigenvalue weighted by molar-refractivity contribution is 5.56. The summed E-state index contributed by atoms with van der Waals surface area (Å²) in [6.45, 7) is 3.54. The number of halogens is 3. The topological polar surface area (TPSA) is 55.0 Å². The number of anilines is 2. The van der Waals surface area contributed by atoms with E-state index in [1.54, 1.807) is 14.0 Å². The minimum atomic E-state index is -4.17. The summed E-state index contributed by atoms with van der Waals surface area (Å²) < 4.78 is 36.7. The molecule has 0 spiro atoms. The molecule has 0 radical (unpaired) electrons. The van der Waals surface area contributed by atoms with Crippen LogP contribution in [0, 0.1) is 6.92 Å². The first-order valence-corrected chi connectivity index (χ1v) is 6.15. The van der Waals surface area contributed by atoms with Crippen LogP contribution in [0.4, 0.5) is 24.8 Å². The maximum atomic E-state index is 12.2. The highest BCUT2D eigenvalue weighted by atomic mass is 19.4. The lowest BCUT2D eigenvalue weighted by atomic mass is 10.2. The first-order valence-electron chi connectivity index (χ1n) is 6.15. The van der Waals surface area contributed by atoms with Gasteiger partial charge in [0.1, 0.15) is 17.5 Å². The van der Waals surface area contributed by atoms with Gasteiger partial charge in [-0.05, 0) is 13.3 Å². The van der Waals surface area contributed by atoms with E-state index in [4.69, 9.17) is 5.73 Å². The summed E-state index contributed by atoms with van der Waals surface area (Å²) in [7, 11) is 1.58. The molecule has 7 heteroatoms. The van der Waals surface area contributed by atoms with Crippen LogP contribution in [0.5, 0.6) is 0 Å².